The van der Waals surface area contributed by atoms with Crippen LogP contribution in [0.5, 0.6) is 0 Å². The molecule has 0 aliphatic carbocycles. The largest absolute Gasteiger partial charge is 0.480 e. The summed E-state index contributed by atoms with van der Waals surface area (Å²) in [5.41, 5.74) is 6.81. The van der Waals surface area contributed by atoms with Gasteiger partial charge in [0.2, 0.25) is 0 Å². The van der Waals surface area contributed by atoms with Crippen LogP contribution in [0.3, 0.4) is 0 Å². The van der Waals surface area contributed by atoms with Gasteiger partial charge in [-0.2, -0.15) is 0 Å². The highest BCUT2D eigenvalue weighted by Gasteiger charge is 2.34. The average molecular weight is 220 g/mol. The Morgan fingerprint density at radius 1 is 1.44 bits per heavy atom. The van der Waals surface area contributed by atoms with E-state index in [4.69, 9.17) is 10.8 Å². The van der Waals surface area contributed by atoms with Crippen LogP contribution in [0, 0.1) is 5.92 Å². The van der Waals surface area contributed by atoms with Crippen LogP contribution in [-0.4, -0.2) is 35.1 Å². The molecule has 3 N–H and O–H groups in total. The summed E-state index contributed by atoms with van der Waals surface area (Å²) < 4.78 is 0. The van der Waals surface area contributed by atoms with E-state index in [1.165, 1.54) is 5.56 Å². The number of benzene rings is 1. The standard InChI is InChI=1S/C12H16N2O2/c13-11(12(15)16)10-7-14(8-10)6-9-4-2-1-3-5-9/h1-5,10-11H,6-8,13H2,(H,15,16). The summed E-state index contributed by atoms with van der Waals surface area (Å²) in [5.74, 6) is -0.800. The van der Waals surface area contributed by atoms with Crippen LogP contribution in [-0.2, 0) is 11.3 Å². The van der Waals surface area contributed by atoms with E-state index in [0.29, 0.717) is 0 Å². The zero-order valence-electron chi connectivity index (χ0n) is 9.04. The number of carboxylic acid groups (broad SMARTS) is 1. The van der Waals surface area contributed by atoms with Crippen LogP contribution in [0.2, 0.25) is 0 Å². The van der Waals surface area contributed by atoms with Gasteiger partial charge in [0.05, 0.1) is 0 Å². The minimum Gasteiger partial charge on any atom is -0.480 e. The average Bonchev–Trinajstić information content (AvgIpc) is 2.23. The van der Waals surface area contributed by atoms with Gasteiger partial charge < -0.3 is 10.8 Å². The quantitative estimate of drug-likeness (QED) is 0.776. The Hall–Kier alpha value is -1.39. The molecule has 1 fully saturated rings. The zero-order chi connectivity index (χ0) is 11.5. The summed E-state index contributed by atoms with van der Waals surface area (Å²) in [6.45, 7) is 2.44. The van der Waals surface area contributed by atoms with Gasteiger partial charge in [0.25, 0.3) is 0 Å². The van der Waals surface area contributed by atoms with Crippen molar-refractivity contribution in [2.24, 2.45) is 11.7 Å². The molecule has 16 heavy (non-hydrogen) atoms. The van der Waals surface area contributed by atoms with Crippen molar-refractivity contribution in [3.05, 3.63) is 35.9 Å². The van der Waals surface area contributed by atoms with E-state index in [1.54, 1.807) is 0 Å². The lowest BCUT2D eigenvalue weighted by Crippen LogP contribution is -2.56. The van der Waals surface area contributed by atoms with Crippen molar-refractivity contribution >= 4 is 5.97 Å². The summed E-state index contributed by atoms with van der Waals surface area (Å²) in [6, 6.07) is 9.44. The number of hydrogen-bond acceptors (Lipinski definition) is 3. The van der Waals surface area contributed by atoms with Crippen molar-refractivity contribution in [3.8, 4) is 0 Å². The van der Waals surface area contributed by atoms with E-state index in [-0.39, 0.29) is 5.92 Å². The lowest BCUT2D eigenvalue weighted by molar-refractivity contribution is -0.141. The fourth-order valence-corrected chi connectivity index (χ4v) is 2.01. The number of rotatable bonds is 4. The van der Waals surface area contributed by atoms with E-state index in [9.17, 15) is 4.79 Å². The molecule has 0 saturated carbocycles. The molecule has 1 aromatic rings. The van der Waals surface area contributed by atoms with Crippen molar-refractivity contribution in [2.75, 3.05) is 13.1 Å². The molecule has 0 spiro atoms. The number of nitrogens with two attached hydrogens (primary N) is 1. The Kier molecular flexibility index (Phi) is 3.22. The second-order valence-electron chi connectivity index (χ2n) is 4.30. The lowest BCUT2D eigenvalue weighted by atomic mass is 9.92. The summed E-state index contributed by atoms with van der Waals surface area (Å²) in [5, 5.41) is 8.75. The minimum atomic E-state index is -0.899. The Balaban J connectivity index is 1.79. The molecular formula is C12H16N2O2. The van der Waals surface area contributed by atoms with Gasteiger partial charge in [-0.25, -0.2) is 0 Å². The molecule has 1 aliphatic heterocycles. The Morgan fingerprint density at radius 2 is 2.06 bits per heavy atom. The van der Waals surface area contributed by atoms with E-state index < -0.39 is 12.0 Å². The Labute approximate surface area is 94.7 Å². The number of aliphatic carboxylic acids is 1. The first-order chi connectivity index (χ1) is 7.66. The van der Waals surface area contributed by atoms with Crippen molar-refractivity contribution in [2.45, 2.75) is 12.6 Å². The Morgan fingerprint density at radius 3 is 2.62 bits per heavy atom. The van der Waals surface area contributed by atoms with Crippen LogP contribution in [0.25, 0.3) is 0 Å². The van der Waals surface area contributed by atoms with Crippen molar-refractivity contribution in [3.63, 3.8) is 0 Å². The highest BCUT2D eigenvalue weighted by Crippen LogP contribution is 2.20. The second kappa shape index (κ2) is 4.63. The molecule has 1 aliphatic rings. The molecule has 2 rings (SSSR count). The van der Waals surface area contributed by atoms with E-state index in [2.05, 4.69) is 17.0 Å². The molecule has 0 aromatic heterocycles. The maximum Gasteiger partial charge on any atom is 0.320 e. The van der Waals surface area contributed by atoms with Gasteiger partial charge in [0, 0.05) is 25.6 Å². The monoisotopic (exact) mass is 220 g/mol. The third-order valence-corrected chi connectivity index (χ3v) is 3.03. The summed E-state index contributed by atoms with van der Waals surface area (Å²) in [7, 11) is 0. The third-order valence-electron chi connectivity index (χ3n) is 3.03. The summed E-state index contributed by atoms with van der Waals surface area (Å²) in [4.78, 5) is 12.9. The molecule has 0 amide bonds. The van der Waals surface area contributed by atoms with Crippen LogP contribution >= 0.6 is 0 Å². The highest BCUT2D eigenvalue weighted by atomic mass is 16.4. The molecule has 0 radical (unpaired) electrons. The molecule has 1 saturated heterocycles. The van der Waals surface area contributed by atoms with Gasteiger partial charge in [-0.15, -0.1) is 0 Å². The van der Waals surface area contributed by atoms with Gasteiger partial charge in [0.1, 0.15) is 6.04 Å². The van der Waals surface area contributed by atoms with Crippen LogP contribution in [0.4, 0.5) is 0 Å². The first-order valence-electron chi connectivity index (χ1n) is 5.41. The lowest BCUT2D eigenvalue weighted by Gasteiger charge is -2.41. The SMILES string of the molecule is NC(C(=O)O)C1CN(Cc2ccccc2)C1. The predicted octanol–water partition coefficient (Wildman–Crippen LogP) is 0.530. The molecule has 4 nitrogen and oxygen atoms in total. The fraction of sp³-hybridized carbons (Fsp3) is 0.417. The second-order valence-corrected chi connectivity index (χ2v) is 4.30. The smallest absolute Gasteiger partial charge is 0.320 e. The van der Waals surface area contributed by atoms with E-state index in [1.807, 2.05) is 18.2 Å². The molecule has 0 bridgehead atoms. The fourth-order valence-electron chi connectivity index (χ4n) is 2.01. The number of carbonyl (C=O) groups is 1. The molecular weight excluding hydrogens is 204 g/mol. The number of likely N-dealkylation sites (tertiary alicyclic amines) is 1. The van der Waals surface area contributed by atoms with Gasteiger partial charge in [0.15, 0.2) is 0 Å². The van der Waals surface area contributed by atoms with Crippen molar-refractivity contribution < 1.29 is 9.90 Å². The van der Waals surface area contributed by atoms with Gasteiger partial charge in [-0.3, -0.25) is 9.69 Å². The maximum atomic E-state index is 10.7. The molecule has 1 atom stereocenters. The molecule has 86 valence electrons. The zero-order valence-corrected chi connectivity index (χ0v) is 9.04. The molecule has 1 heterocycles. The van der Waals surface area contributed by atoms with E-state index in [0.717, 1.165) is 19.6 Å². The van der Waals surface area contributed by atoms with Gasteiger partial charge >= 0.3 is 5.97 Å². The first-order valence-corrected chi connectivity index (χ1v) is 5.41. The highest BCUT2D eigenvalue weighted by molar-refractivity contribution is 5.73. The molecule has 1 aromatic carbocycles. The van der Waals surface area contributed by atoms with Crippen LogP contribution < -0.4 is 5.73 Å². The van der Waals surface area contributed by atoms with Crippen LogP contribution in [0.15, 0.2) is 30.3 Å². The van der Waals surface area contributed by atoms with Crippen molar-refractivity contribution in [1.29, 1.82) is 0 Å². The number of nitrogens with zero attached hydrogens (tertiary/aromatic N) is 1. The third kappa shape index (κ3) is 2.40. The van der Waals surface area contributed by atoms with Crippen LogP contribution in [0.1, 0.15) is 5.56 Å². The number of hydrogen-bond donors (Lipinski definition) is 2. The first kappa shape index (κ1) is 11.1. The molecule has 1 unspecified atom stereocenters. The topological polar surface area (TPSA) is 66.6 Å². The Bertz CT molecular complexity index is 361. The normalized spacial score (nSPS) is 19.1. The van der Waals surface area contributed by atoms with Crippen molar-refractivity contribution in [1.82, 2.24) is 4.90 Å². The summed E-state index contributed by atoms with van der Waals surface area (Å²) in [6.07, 6.45) is 0. The number of carboxylic acids is 1. The summed E-state index contributed by atoms with van der Waals surface area (Å²) >= 11 is 0. The predicted molar refractivity (Wildman–Crippen MR) is 60.8 cm³/mol. The van der Waals surface area contributed by atoms with Gasteiger partial charge in [-0.1, -0.05) is 30.3 Å². The minimum absolute atomic E-state index is 0.0983. The van der Waals surface area contributed by atoms with Gasteiger partial charge in [-0.05, 0) is 5.56 Å². The van der Waals surface area contributed by atoms with E-state index >= 15 is 0 Å². The maximum absolute atomic E-state index is 10.7. The molecule has 4 heteroatoms.